The molecule has 0 spiro atoms. The Kier molecular flexibility index (Phi) is 7.61. The molecular formula is C43H40N2O4. The van der Waals surface area contributed by atoms with Crippen LogP contribution in [-0.4, -0.2) is 40.5 Å². The summed E-state index contributed by atoms with van der Waals surface area (Å²) in [6.07, 6.45) is 6.33. The normalized spacial score (nSPS) is 18.6. The zero-order valence-electron chi connectivity index (χ0n) is 28.5. The molecular weight excluding hydrogens is 608 g/mol. The minimum atomic E-state index is -0.906. The molecule has 2 aliphatic heterocycles. The second kappa shape index (κ2) is 12.0. The molecule has 0 N–H and O–H groups in total. The number of fused-ring (bicyclic) bond motifs is 8. The standard InChI is InChI=1S/C43H40N2O4/c1-6-42(7-2)38-26-30(44-3)12-18-35(38)39-34-19-17-33(47-5)27-37(34)41-36(40(39)42)20-21-43(49-41,29-10-15-32(46-4)16-11-29)28-8-13-31(14-9-28)45-22-24-48-25-23-45/h8-21,26-27H,6-7,22-25H2,1-2,4-5H3. The quantitative estimate of drug-likeness (QED) is 0.165. The van der Waals surface area contributed by atoms with Crippen molar-refractivity contribution in [1.82, 2.24) is 0 Å². The molecule has 3 aliphatic rings. The van der Waals surface area contributed by atoms with Crippen LogP contribution in [0.5, 0.6) is 17.2 Å². The highest BCUT2D eigenvalue weighted by atomic mass is 16.5. The highest BCUT2D eigenvalue weighted by molar-refractivity contribution is 6.09. The van der Waals surface area contributed by atoms with E-state index in [0.717, 1.165) is 83.9 Å². The molecule has 49 heavy (non-hydrogen) atoms. The zero-order valence-corrected chi connectivity index (χ0v) is 28.5. The lowest BCUT2D eigenvalue weighted by Gasteiger charge is -2.39. The Morgan fingerprint density at radius 3 is 2.12 bits per heavy atom. The first-order valence-corrected chi connectivity index (χ1v) is 17.2. The van der Waals surface area contributed by atoms with Gasteiger partial charge in [-0.3, -0.25) is 0 Å². The van der Waals surface area contributed by atoms with E-state index in [1.165, 1.54) is 27.9 Å². The van der Waals surface area contributed by atoms with Crippen LogP contribution in [0.4, 0.5) is 11.4 Å². The first-order valence-electron chi connectivity index (χ1n) is 17.2. The van der Waals surface area contributed by atoms with Crippen molar-refractivity contribution in [2.45, 2.75) is 37.7 Å². The number of rotatable bonds is 7. The summed E-state index contributed by atoms with van der Waals surface area (Å²) >= 11 is 0. The molecule has 5 aromatic carbocycles. The Bertz CT molecular complexity index is 2140. The van der Waals surface area contributed by atoms with Crippen molar-refractivity contribution in [3.63, 3.8) is 0 Å². The van der Waals surface area contributed by atoms with Crippen LogP contribution >= 0.6 is 0 Å². The van der Waals surface area contributed by atoms with E-state index >= 15 is 0 Å². The van der Waals surface area contributed by atoms with Gasteiger partial charge < -0.3 is 23.8 Å². The number of anilines is 1. The van der Waals surface area contributed by atoms with Crippen molar-refractivity contribution < 1.29 is 18.9 Å². The van der Waals surface area contributed by atoms with Gasteiger partial charge in [-0.25, -0.2) is 4.85 Å². The smallest absolute Gasteiger partial charge is 0.187 e. The van der Waals surface area contributed by atoms with Crippen LogP contribution in [0.25, 0.3) is 32.8 Å². The molecule has 1 aliphatic carbocycles. The molecule has 6 heteroatoms. The lowest BCUT2D eigenvalue weighted by atomic mass is 9.71. The summed E-state index contributed by atoms with van der Waals surface area (Å²) < 4.78 is 24.5. The highest BCUT2D eigenvalue weighted by Gasteiger charge is 2.47. The zero-order chi connectivity index (χ0) is 33.8. The predicted octanol–water partition coefficient (Wildman–Crippen LogP) is 9.68. The van der Waals surface area contributed by atoms with Gasteiger partial charge in [0.05, 0.1) is 34.0 Å². The van der Waals surface area contributed by atoms with Crippen LogP contribution in [0.15, 0.2) is 91.0 Å². The molecule has 1 fully saturated rings. The minimum Gasteiger partial charge on any atom is -0.497 e. The topological polar surface area (TPSA) is 44.5 Å². The number of methoxy groups -OCH3 is 2. The molecule has 1 atom stereocenters. The van der Waals surface area contributed by atoms with Crippen LogP contribution in [0.3, 0.4) is 0 Å². The molecule has 0 aromatic heterocycles. The number of ether oxygens (including phenoxy) is 4. The average molecular weight is 649 g/mol. The van der Waals surface area contributed by atoms with Crippen LogP contribution in [0, 0.1) is 6.57 Å². The second-order valence-corrected chi connectivity index (χ2v) is 13.1. The summed E-state index contributed by atoms with van der Waals surface area (Å²) in [6, 6.07) is 29.5. The summed E-state index contributed by atoms with van der Waals surface area (Å²) in [6.45, 7) is 15.6. The van der Waals surface area contributed by atoms with Gasteiger partial charge in [-0.15, -0.1) is 0 Å². The van der Waals surface area contributed by atoms with Gasteiger partial charge in [0, 0.05) is 46.3 Å². The number of morpholine rings is 1. The molecule has 0 amide bonds. The van der Waals surface area contributed by atoms with Crippen molar-refractivity contribution in [2.24, 2.45) is 0 Å². The van der Waals surface area contributed by atoms with E-state index < -0.39 is 5.60 Å². The lowest BCUT2D eigenvalue weighted by Crippen LogP contribution is -2.37. The minimum absolute atomic E-state index is 0.267. The van der Waals surface area contributed by atoms with Crippen molar-refractivity contribution >= 4 is 28.2 Å². The Labute approximate surface area is 288 Å². The van der Waals surface area contributed by atoms with Crippen LogP contribution in [0.2, 0.25) is 0 Å². The van der Waals surface area contributed by atoms with E-state index in [1.807, 2.05) is 24.3 Å². The second-order valence-electron chi connectivity index (χ2n) is 13.1. The third-order valence-corrected chi connectivity index (χ3v) is 11.0. The maximum absolute atomic E-state index is 7.81. The van der Waals surface area contributed by atoms with Gasteiger partial charge in [-0.2, -0.15) is 0 Å². The highest BCUT2D eigenvalue weighted by Crippen LogP contribution is 2.61. The van der Waals surface area contributed by atoms with E-state index in [1.54, 1.807) is 14.2 Å². The van der Waals surface area contributed by atoms with Crippen LogP contribution < -0.4 is 19.1 Å². The predicted molar refractivity (Wildman–Crippen MR) is 196 cm³/mol. The first kappa shape index (κ1) is 31.0. The lowest BCUT2D eigenvalue weighted by molar-refractivity contribution is 0.122. The molecule has 0 bridgehead atoms. The fraction of sp³-hybridized carbons (Fsp3) is 0.279. The summed E-state index contributed by atoms with van der Waals surface area (Å²) in [5, 5.41) is 2.13. The fourth-order valence-corrected chi connectivity index (χ4v) is 8.42. The molecule has 8 rings (SSSR count). The largest absolute Gasteiger partial charge is 0.497 e. The van der Waals surface area contributed by atoms with Crippen LogP contribution in [-0.2, 0) is 15.8 Å². The summed E-state index contributed by atoms with van der Waals surface area (Å²) in [4.78, 5) is 6.20. The summed E-state index contributed by atoms with van der Waals surface area (Å²) in [7, 11) is 3.40. The molecule has 2 heterocycles. The van der Waals surface area contributed by atoms with Gasteiger partial charge in [0.1, 0.15) is 17.2 Å². The van der Waals surface area contributed by atoms with Gasteiger partial charge in [-0.05, 0) is 89.0 Å². The van der Waals surface area contributed by atoms with E-state index in [4.69, 9.17) is 25.5 Å². The van der Waals surface area contributed by atoms with Crippen molar-refractivity contribution in [3.8, 4) is 28.4 Å². The van der Waals surface area contributed by atoms with E-state index in [9.17, 15) is 0 Å². The summed E-state index contributed by atoms with van der Waals surface area (Å²) in [5.74, 6) is 2.41. The molecule has 0 radical (unpaired) electrons. The number of benzene rings is 5. The Hall–Kier alpha value is -5.25. The molecule has 1 unspecified atom stereocenters. The SMILES string of the molecule is [C-]#[N+]c1ccc2c(c1)C(CC)(CC)c1c3c(c4cc(OC)ccc4c1-2)OC(c1ccc(OC)cc1)(c1ccc(N2CCOCC2)cc1)C=C3. The van der Waals surface area contributed by atoms with Gasteiger partial charge in [0.15, 0.2) is 11.3 Å². The third-order valence-electron chi connectivity index (χ3n) is 11.0. The Morgan fingerprint density at radius 2 is 1.47 bits per heavy atom. The molecule has 6 nitrogen and oxygen atoms in total. The fourth-order valence-electron chi connectivity index (χ4n) is 8.42. The van der Waals surface area contributed by atoms with E-state index in [2.05, 4.69) is 96.4 Å². The number of nitrogens with zero attached hydrogens (tertiary/aromatic N) is 2. The average Bonchev–Trinajstić information content (AvgIpc) is 3.48. The Morgan fingerprint density at radius 1 is 0.796 bits per heavy atom. The van der Waals surface area contributed by atoms with Gasteiger partial charge in [-0.1, -0.05) is 62.4 Å². The maximum atomic E-state index is 7.81. The third kappa shape index (κ3) is 4.64. The van der Waals surface area contributed by atoms with E-state index in [-0.39, 0.29) is 5.41 Å². The van der Waals surface area contributed by atoms with E-state index in [0.29, 0.717) is 5.69 Å². The van der Waals surface area contributed by atoms with Crippen molar-refractivity contribution in [1.29, 1.82) is 0 Å². The Balaban J connectivity index is 1.39. The van der Waals surface area contributed by atoms with Gasteiger partial charge in [0.2, 0.25) is 0 Å². The van der Waals surface area contributed by atoms with Crippen LogP contribution in [0.1, 0.15) is 54.5 Å². The number of hydrogen-bond donors (Lipinski definition) is 0. The summed E-state index contributed by atoms with van der Waals surface area (Å²) in [5.41, 5.74) is 8.75. The van der Waals surface area contributed by atoms with Gasteiger partial charge >= 0.3 is 0 Å². The van der Waals surface area contributed by atoms with Gasteiger partial charge in [0.25, 0.3) is 0 Å². The number of hydrogen-bond acceptors (Lipinski definition) is 5. The first-order chi connectivity index (χ1) is 24.0. The molecule has 246 valence electrons. The van der Waals surface area contributed by atoms with Crippen molar-refractivity contribution in [2.75, 3.05) is 45.4 Å². The monoisotopic (exact) mass is 648 g/mol. The molecule has 5 aromatic rings. The molecule has 1 saturated heterocycles. The molecule has 0 saturated carbocycles. The maximum Gasteiger partial charge on any atom is 0.187 e. The van der Waals surface area contributed by atoms with Crippen molar-refractivity contribution in [3.05, 3.63) is 130 Å².